The smallest absolute Gasteiger partial charge is 0.294 e. The molecule has 2 bridgehead atoms. The Morgan fingerprint density at radius 3 is 2.32 bits per heavy atom. The maximum Gasteiger partial charge on any atom is 0.294 e. The third-order valence-electron chi connectivity index (χ3n) is 7.82. The third-order valence-corrected chi connectivity index (χ3v) is 7.82. The first-order chi connectivity index (χ1) is 17.9. The molecule has 3 saturated heterocycles. The molecule has 5 N–H and O–H groups in total. The number of aliphatic hydroxyl groups excluding tert-OH is 4. The Morgan fingerprint density at radius 1 is 1.00 bits per heavy atom. The molecule has 0 amide bonds. The number of hydrogen-bond acceptors (Lipinski definition) is 10. The number of benzene rings is 2. The fraction of sp³-hybridized carbons (Fsp3) is 0.538. The zero-order valence-electron chi connectivity index (χ0n) is 20.5. The van der Waals surface area contributed by atoms with Crippen LogP contribution in [0.1, 0.15) is 24.0 Å². The van der Waals surface area contributed by atoms with Gasteiger partial charge in [-0.1, -0.05) is 24.3 Å². The molecule has 200 valence electrons. The number of nitro benzene ring substituents is 1. The van der Waals surface area contributed by atoms with E-state index in [0.717, 1.165) is 29.7 Å². The number of nitrogens with zero attached hydrogens (tertiary/aromatic N) is 3. The lowest BCUT2D eigenvalue weighted by molar-refractivity contribution is -0.383. The van der Waals surface area contributed by atoms with Gasteiger partial charge in [-0.15, -0.1) is 0 Å². The van der Waals surface area contributed by atoms with Gasteiger partial charge in [0.2, 0.25) is 0 Å². The van der Waals surface area contributed by atoms with Crippen LogP contribution in [0.2, 0.25) is 0 Å². The van der Waals surface area contributed by atoms with E-state index in [4.69, 9.17) is 4.74 Å². The summed E-state index contributed by atoms with van der Waals surface area (Å²) in [7, 11) is 0. The van der Waals surface area contributed by atoms with Crippen LogP contribution in [-0.4, -0.2) is 93.1 Å². The van der Waals surface area contributed by atoms with Gasteiger partial charge in [-0.2, -0.15) is 0 Å². The van der Waals surface area contributed by atoms with Crippen LogP contribution in [0.25, 0.3) is 0 Å². The van der Waals surface area contributed by atoms with Crippen molar-refractivity contribution in [2.75, 3.05) is 36.6 Å². The minimum absolute atomic E-state index is 0.0412. The number of aliphatic hydroxyl groups is 4. The van der Waals surface area contributed by atoms with Crippen molar-refractivity contribution < 1.29 is 30.1 Å². The first kappa shape index (κ1) is 25.8. The van der Waals surface area contributed by atoms with Crippen molar-refractivity contribution in [3.8, 4) is 0 Å². The molecular formula is C26H34N4O7. The van der Waals surface area contributed by atoms with Crippen LogP contribution in [0.5, 0.6) is 0 Å². The number of nitro groups is 1. The highest BCUT2D eigenvalue weighted by Crippen LogP contribution is 2.37. The van der Waals surface area contributed by atoms with E-state index in [1.807, 2.05) is 30.3 Å². The van der Waals surface area contributed by atoms with Crippen molar-refractivity contribution in [2.24, 2.45) is 0 Å². The summed E-state index contributed by atoms with van der Waals surface area (Å²) in [6.07, 6.45) is -1.55. The molecular weight excluding hydrogens is 480 g/mol. The van der Waals surface area contributed by atoms with Gasteiger partial charge in [-0.25, -0.2) is 0 Å². The summed E-state index contributed by atoms with van der Waals surface area (Å²) in [6.45, 7) is 1.89. The first-order valence-corrected chi connectivity index (χ1v) is 12.7. The number of ether oxygens (including phenoxy) is 1. The molecule has 3 aliphatic heterocycles. The zero-order valence-corrected chi connectivity index (χ0v) is 20.5. The van der Waals surface area contributed by atoms with Crippen LogP contribution >= 0.6 is 0 Å². The zero-order chi connectivity index (χ0) is 26.1. The van der Waals surface area contributed by atoms with Crippen molar-refractivity contribution in [3.63, 3.8) is 0 Å². The molecule has 0 saturated carbocycles. The van der Waals surface area contributed by atoms with Gasteiger partial charge in [-0.3, -0.25) is 15.0 Å². The van der Waals surface area contributed by atoms with Crippen molar-refractivity contribution in [1.29, 1.82) is 0 Å². The monoisotopic (exact) mass is 514 g/mol. The third kappa shape index (κ3) is 5.28. The van der Waals surface area contributed by atoms with Gasteiger partial charge in [0.05, 0.1) is 49.0 Å². The number of anilines is 2. The van der Waals surface area contributed by atoms with Gasteiger partial charge < -0.3 is 35.4 Å². The summed E-state index contributed by atoms with van der Waals surface area (Å²) in [5.74, 6) is 0. The molecule has 2 aromatic rings. The van der Waals surface area contributed by atoms with Crippen LogP contribution in [0, 0.1) is 10.1 Å². The van der Waals surface area contributed by atoms with Crippen LogP contribution in [-0.2, 0) is 17.8 Å². The minimum atomic E-state index is -1.29. The average molecular weight is 515 g/mol. The normalized spacial score (nSPS) is 29.9. The second-order valence-electron chi connectivity index (χ2n) is 10.2. The van der Waals surface area contributed by atoms with Crippen LogP contribution in [0.4, 0.5) is 17.1 Å². The van der Waals surface area contributed by atoms with E-state index < -0.39 is 24.4 Å². The van der Waals surface area contributed by atoms with E-state index >= 15 is 0 Å². The number of rotatable bonds is 8. The van der Waals surface area contributed by atoms with Gasteiger partial charge in [0.25, 0.3) is 5.69 Å². The predicted octanol–water partition coefficient (Wildman–Crippen LogP) is 0.834. The number of likely N-dealkylation sites (tertiary alicyclic amines) is 1. The molecule has 0 radical (unpaired) electrons. The Hall–Kier alpha value is -2.80. The van der Waals surface area contributed by atoms with Crippen LogP contribution in [0.3, 0.4) is 0 Å². The van der Waals surface area contributed by atoms with Crippen molar-refractivity contribution >= 4 is 17.1 Å². The van der Waals surface area contributed by atoms with Crippen molar-refractivity contribution in [1.82, 2.24) is 4.90 Å². The fourth-order valence-corrected chi connectivity index (χ4v) is 5.79. The molecule has 3 fully saturated rings. The number of morpholine rings is 1. The number of fused-ring (bicyclic) bond motifs is 2. The van der Waals surface area contributed by atoms with Gasteiger partial charge in [0.1, 0.15) is 17.9 Å². The highest BCUT2D eigenvalue weighted by atomic mass is 16.6. The van der Waals surface area contributed by atoms with E-state index in [9.17, 15) is 30.5 Å². The molecule has 0 aliphatic carbocycles. The minimum Gasteiger partial charge on any atom is -0.395 e. The maximum atomic E-state index is 11.8. The molecule has 3 heterocycles. The molecule has 11 nitrogen and oxygen atoms in total. The molecule has 3 aliphatic rings. The predicted molar refractivity (Wildman–Crippen MR) is 136 cm³/mol. The Bertz CT molecular complexity index is 1080. The van der Waals surface area contributed by atoms with E-state index in [2.05, 4.69) is 10.2 Å². The number of piperidine rings is 1. The van der Waals surface area contributed by atoms with Gasteiger partial charge in [0.15, 0.2) is 0 Å². The van der Waals surface area contributed by atoms with Crippen molar-refractivity contribution in [2.45, 2.75) is 62.4 Å². The van der Waals surface area contributed by atoms with E-state index in [0.29, 0.717) is 32.0 Å². The van der Waals surface area contributed by atoms with E-state index in [1.54, 1.807) is 17.0 Å². The maximum absolute atomic E-state index is 11.8. The number of nitrogens with one attached hydrogen (secondary N) is 1. The fourth-order valence-electron chi connectivity index (χ4n) is 5.79. The lowest BCUT2D eigenvalue weighted by Gasteiger charge is -2.43. The molecule has 0 unspecified atom stereocenters. The Kier molecular flexibility index (Phi) is 7.61. The summed E-state index contributed by atoms with van der Waals surface area (Å²) in [4.78, 5) is 15.5. The molecule has 5 rings (SSSR count). The highest BCUT2D eigenvalue weighted by Gasteiger charge is 2.41. The van der Waals surface area contributed by atoms with Crippen LogP contribution < -0.4 is 10.2 Å². The van der Waals surface area contributed by atoms with Gasteiger partial charge in [0, 0.05) is 31.4 Å². The van der Waals surface area contributed by atoms with E-state index in [1.165, 1.54) is 0 Å². The largest absolute Gasteiger partial charge is 0.395 e. The van der Waals surface area contributed by atoms with Crippen molar-refractivity contribution in [3.05, 3.63) is 63.7 Å². The standard InChI is InChI=1S/C26H34N4O7/c31-13-23-25(33)26(34)24(32)12-28(23)11-17-3-1-16(2-4-17)10-27-21-8-7-18(9-22(21)30(35)36)29-19-5-6-20(29)15-37-14-19/h1-4,7-9,19-20,23-27,31-34H,5-6,10-15H2/t19-,20+,23-,24+,25-,26-/m1/s1. The molecule has 11 heteroatoms. The highest BCUT2D eigenvalue weighted by molar-refractivity contribution is 5.69. The lowest BCUT2D eigenvalue weighted by atomic mass is 9.93. The Morgan fingerprint density at radius 2 is 1.68 bits per heavy atom. The quantitative estimate of drug-likeness (QED) is 0.253. The SMILES string of the molecule is O=[N+]([O-])c1cc(N2[C@@H]3CC[C@H]2COC3)ccc1NCc1ccc(CN2C[C@H](O)[C@@H](O)[C@H](O)[C@H]2CO)cc1. The number of β-amino-alcohol motifs (C(OH)–C–C–N with tert-alkyl or cyclic N) is 1. The molecule has 0 aromatic heterocycles. The summed E-state index contributed by atoms with van der Waals surface area (Å²) in [5.41, 5.74) is 3.20. The number of hydrogen-bond donors (Lipinski definition) is 5. The molecule has 2 aromatic carbocycles. The summed E-state index contributed by atoms with van der Waals surface area (Å²) in [5, 5.41) is 54.8. The summed E-state index contributed by atoms with van der Waals surface area (Å²) < 4.78 is 5.64. The topological polar surface area (TPSA) is 152 Å². The average Bonchev–Trinajstić information content (AvgIpc) is 3.14. The van der Waals surface area contributed by atoms with E-state index in [-0.39, 0.29) is 35.8 Å². The molecule has 37 heavy (non-hydrogen) atoms. The molecule has 0 spiro atoms. The lowest BCUT2D eigenvalue weighted by Crippen LogP contribution is -2.62. The summed E-state index contributed by atoms with van der Waals surface area (Å²) >= 11 is 0. The first-order valence-electron chi connectivity index (χ1n) is 12.7. The second kappa shape index (κ2) is 10.9. The van der Waals surface area contributed by atoms with Gasteiger partial charge >= 0.3 is 0 Å². The Balaban J connectivity index is 1.23. The van der Waals surface area contributed by atoms with Crippen LogP contribution in [0.15, 0.2) is 42.5 Å². The Labute approximate surface area is 215 Å². The molecule has 6 atom stereocenters. The van der Waals surface area contributed by atoms with Gasteiger partial charge in [-0.05, 0) is 36.1 Å². The second-order valence-corrected chi connectivity index (χ2v) is 10.2. The summed E-state index contributed by atoms with van der Waals surface area (Å²) in [6, 6.07) is 12.9.